The molecule has 0 aliphatic carbocycles. The van der Waals surface area contributed by atoms with Crippen molar-refractivity contribution in [2.24, 2.45) is 11.3 Å². The lowest BCUT2D eigenvalue weighted by Crippen LogP contribution is -2.30. The average Bonchev–Trinajstić information content (AvgIpc) is 2.23. The van der Waals surface area contributed by atoms with Crippen molar-refractivity contribution in [2.45, 2.75) is 27.2 Å². The van der Waals surface area contributed by atoms with Gasteiger partial charge in [0.25, 0.3) is 0 Å². The van der Waals surface area contributed by atoms with Gasteiger partial charge in [0.2, 0.25) is 0 Å². The number of hydrogen-bond acceptors (Lipinski definition) is 1. The summed E-state index contributed by atoms with van der Waals surface area (Å²) in [5, 5.41) is 10.00. The van der Waals surface area contributed by atoms with E-state index in [1.807, 2.05) is 20.8 Å². The maximum absolute atomic E-state index is 13.1. The first-order chi connectivity index (χ1) is 7.39. The van der Waals surface area contributed by atoms with Gasteiger partial charge in [-0.15, -0.1) is 0 Å². The zero-order valence-corrected chi connectivity index (χ0v) is 10.7. The smallest absolute Gasteiger partial charge is 0.123 e. The first-order valence-corrected chi connectivity index (χ1v) is 5.81. The van der Waals surface area contributed by atoms with Crippen molar-refractivity contribution in [2.75, 3.05) is 6.61 Å². The molecule has 1 unspecified atom stereocenters. The Bertz CT molecular complexity index is 365. The molecule has 1 aromatic rings. The standard InChI is InChI=1S/C13H18ClFO/c1-9(2)13(3,8-16)7-10-6-11(15)4-5-12(10)14/h4-6,9,16H,7-8H2,1-3H3. The molecule has 0 heterocycles. The summed E-state index contributed by atoms with van der Waals surface area (Å²) >= 11 is 6.02. The van der Waals surface area contributed by atoms with Crippen LogP contribution in [0.15, 0.2) is 18.2 Å². The molecule has 0 saturated carbocycles. The van der Waals surface area contributed by atoms with E-state index in [1.54, 1.807) is 6.07 Å². The molecule has 1 rings (SSSR count). The van der Waals surface area contributed by atoms with Gasteiger partial charge in [0, 0.05) is 11.6 Å². The number of benzene rings is 1. The Balaban J connectivity index is 2.98. The lowest BCUT2D eigenvalue weighted by atomic mass is 9.75. The number of rotatable bonds is 4. The summed E-state index contributed by atoms with van der Waals surface area (Å²) in [5.74, 6) is 0.0141. The summed E-state index contributed by atoms with van der Waals surface area (Å²) in [6.45, 7) is 6.14. The summed E-state index contributed by atoms with van der Waals surface area (Å²) in [7, 11) is 0. The molecule has 90 valence electrons. The molecule has 0 spiro atoms. The van der Waals surface area contributed by atoms with Gasteiger partial charge in [-0.3, -0.25) is 0 Å². The van der Waals surface area contributed by atoms with Crippen LogP contribution < -0.4 is 0 Å². The summed E-state index contributed by atoms with van der Waals surface area (Å²) in [6.07, 6.45) is 0.581. The second kappa shape index (κ2) is 5.15. The molecular weight excluding hydrogens is 227 g/mol. The van der Waals surface area contributed by atoms with Crippen molar-refractivity contribution in [3.63, 3.8) is 0 Å². The van der Waals surface area contributed by atoms with E-state index >= 15 is 0 Å². The monoisotopic (exact) mass is 244 g/mol. The normalized spacial score (nSPS) is 15.2. The van der Waals surface area contributed by atoms with Crippen LogP contribution >= 0.6 is 11.6 Å². The van der Waals surface area contributed by atoms with Gasteiger partial charge in [0.15, 0.2) is 0 Å². The van der Waals surface area contributed by atoms with Crippen LogP contribution in [-0.2, 0) is 6.42 Å². The highest BCUT2D eigenvalue weighted by atomic mass is 35.5. The average molecular weight is 245 g/mol. The summed E-state index contributed by atoms with van der Waals surface area (Å²) in [5.41, 5.74) is 0.490. The minimum atomic E-state index is -0.288. The van der Waals surface area contributed by atoms with Gasteiger partial charge >= 0.3 is 0 Å². The Morgan fingerprint density at radius 3 is 2.56 bits per heavy atom. The number of halogens is 2. The molecule has 1 N–H and O–H groups in total. The van der Waals surface area contributed by atoms with E-state index in [-0.39, 0.29) is 17.8 Å². The zero-order valence-electron chi connectivity index (χ0n) is 9.93. The van der Waals surface area contributed by atoms with Crippen molar-refractivity contribution in [3.05, 3.63) is 34.6 Å². The molecule has 0 aliphatic heterocycles. The Morgan fingerprint density at radius 1 is 1.44 bits per heavy atom. The third-order valence-electron chi connectivity index (χ3n) is 3.36. The Morgan fingerprint density at radius 2 is 2.06 bits per heavy atom. The molecule has 1 aromatic carbocycles. The molecule has 0 aromatic heterocycles. The predicted molar refractivity (Wildman–Crippen MR) is 65.1 cm³/mol. The second-order valence-corrected chi connectivity index (χ2v) is 5.29. The van der Waals surface area contributed by atoms with Crippen LogP contribution in [0, 0.1) is 17.2 Å². The SMILES string of the molecule is CC(C)C(C)(CO)Cc1cc(F)ccc1Cl. The van der Waals surface area contributed by atoms with Crippen molar-refractivity contribution < 1.29 is 9.50 Å². The van der Waals surface area contributed by atoms with E-state index in [0.717, 1.165) is 5.56 Å². The van der Waals surface area contributed by atoms with Crippen LogP contribution in [0.25, 0.3) is 0 Å². The number of hydrogen-bond donors (Lipinski definition) is 1. The molecule has 0 saturated heterocycles. The Labute approximate surface area is 101 Å². The van der Waals surface area contributed by atoms with Crippen LogP contribution in [0.2, 0.25) is 5.02 Å². The lowest BCUT2D eigenvalue weighted by molar-refractivity contribution is 0.0947. The van der Waals surface area contributed by atoms with E-state index in [2.05, 4.69) is 0 Å². The van der Waals surface area contributed by atoms with Gasteiger partial charge in [-0.1, -0.05) is 32.4 Å². The highest BCUT2D eigenvalue weighted by Gasteiger charge is 2.28. The van der Waals surface area contributed by atoms with E-state index < -0.39 is 0 Å². The largest absolute Gasteiger partial charge is 0.396 e. The second-order valence-electron chi connectivity index (χ2n) is 4.88. The molecular formula is C13H18ClFO. The molecule has 0 fully saturated rings. The van der Waals surface area contributed by atoms with Gasteiger partial charge in [0.1, 0.15) is 5.82 Å². The highest BCUT2D eigenvalue weighted by Crippen LogP contribution is 2.33. The third-order valence-corrected chi connectivity index (χ3v) is 3.73. The quantitative estimate of drug-likeness (QED) is 0.857. The van der Waals surface area contributed by atoms with Gasteiger partial charge < -0.3 is 5.11 Å². The predicted octanol–water partition coefficient (Wildman–Crippen LogP) is 3.68. The fraction of sp³-hybridized carbons (Fsp3) is 0.538. The van der Waals surface area contributed by atoms with Crippen LogP contribution in [0.1, 0.15) is 26.3 Å². The molecule has 0 amide bonds. The maximum atomic E-state index is 13.1. The minimum Gasteiger partial charge on any atom is -0.396 e. The van der Waals surface area contributed by atoms with Gasteiger partial charge in [-0.25, -0.2) is 4.39 Å². The highest BCUT2D eigenvalue weighted by molar-refractivity contribution is 6.31. The number of aliphatic hydroxyl groups excluding tert-OH is 1. The first kappa shape index (κ1) is 13.5. The van der Waals surface area contributed by atoms with Gasteiger partial charge in [-0.2, -0.15) is 0 Å². The van der Waals surface area contributed by atoms with Crippen molar-refractivity contribution >= 4 is 11.6 Å². The van der Waals surface area contributed by atoms with E-state index in [9.17, 15) is 9.50 Å². The zero-order chi connectivity index (χ0) is 12.3. The van der Waals surface area contributed by atoms with Crippen molar-refractivity contribution in [3.8, 4) is 0 Å². The Hall–Kier alpha value is -0.600. The molecule has 0 radical (unpaired) electrons. The first-order valence-electron chi connectivity index (χ1n) is 5.44. The summed E-state index contributed by atoms with van der Waals surface area (Å²) in [4.78, 5) is 0. The Kier molecular flexibility index (Phi) is 4.34. The molecule has 1 nitrogen and oxygen atoms in total. The van der Waals surface area contributed by atoms with E-state index in [4.69, 9.17) is 11.6 Å². The molecule has 16 heavy (non-hydrogen) atoms. The van der Waals surface area contributed by atoms with E-state index in [1.165, 1.54) is 12.1 Å². The molecule has 3 heteroatoms. The van der Waals surface area contributed by atoms with Gasteiger partial charge in [-0.05, 0) is 41.5 Å². The fourth-order valence-electron chi connectivity index (χ4n) is 1.56. The third kappa shape index (κ3) is 2.96. The van der Waals surface area contributed by atoms with Crippen LogP contribution in [0.4, 0.5) is 4.39 Å². The van der Waals surface area contributed by atoms with Crippen molar-refractivity contribution in [1.82, 2.24) is 0 Å². The van der Waals surface area contributed by atoms with Crippen molar-refractivity contribution in [1.29, 1.82) is 0 Å². The number of aliphatic hydroxyl groups is 1. The minimum absolute atomic E-state index is 0.0670. The molecule has 0 aliphatic rings. The molecule has 1 atom stereocenters. The van der Waals surface area contributed by atoms with Crippen LogP contribution in [0.3, 0.4) is 0 Å². The summed E-state index contributed by atoms with van der Waals surface area (Å²) < 4.78 is 13.1. The lowest BCUT2D eigenvalue weighted by Gasteiger charge is -2.32. The molecule has 0 bridgehead atoms. The summed E-state index contributed by atoms with van der Waals surface area (Å²) in [6, 6.07) is 4.35. The van der Waals surface area contributed by atoms with Crippen LogP contribution in [0.5, 0.6) is 0 Å². The van der Waals surface area contributed by atoms with Gasteiger partial charge in [0.05, 0.1) is 0 Å². The van der Waals surface area contributed by atoms with E-state index in [0.29, 0.717) is 17.4 Å². The maximum Gasteiger partial charge on any atom is 0.123 e. The topological polar surface area (TPSA) is 20.2 Å². The fourth-order valence-corrected chi connectivity index (χ4v) is 1.74. The van der Waals surface area contributed by atoms with Crippen LogP contribution in [-0.4, -0.2) is 11.7 Å².